The molecule has 0 aliphatic carbocycles. The molecule has 3 N–H and O–H groups in total. The van der Waals surface area contributed by atoms with Gasteiger partial charge in [-0.05, 0) is 43.1 Å². The molecular formula is C14H18N4OS. The Kier molecular flexibility index (Phi) is 4.24. The highest BCUT2D eigenvalue weighted by molar-refractivity contribution is 7.11. The number of rotatable bonds is 4. The van der Waals surface area contributed by atoms with E-state index in [9.17, 15) is 4.79 Å². The Morgan fingerprint density at radius 1 is 1.50 bits per heavy atom. The van der Waals surface area contributed by atoms with E-state index in [4.69, 9.17) is 5.73 Å². The summed E-state index contributed by atoms with van der Waals surface area (Å²) in [7, 11) is 1.59. The van der Waals surface area contributed by atoms with Crippen molar-refractivity contribution in [2.45, 2.75) is 13.8 Å². The zero-order chi connectivity index (χ0) is 14.7. The molecule has 6 heteroatoms. The average molecular weight is 290 g/mol. The Balaban J connectivity index is 2.50. The van der Waals surface area contributed by atoms with Gasteiger partial charge in [0.25, 0.3) is 5.91 Å². The number of nitrogens with two attached hydrogens (primary N) is 1. The summed E-state index contributed by atoms with van der Waals surface area (Å²) < 4.78 is 4.12. The summed E-state index contributed by atoms with van der Waals surface area (Å²) in [6.07, 6.45) is 0. The summed E-state index contributed by atoms with van der Waals surface area (Å²) >= 11 is 1.24. The topological polar surface area (TPSA) is 71.2 Å². The lowest BCUT2D eigenvalue weighted by atomic mass is 10.2. The largest absolute Gasteiger partial charge is 0.382 e. The van der Waals surface area contributed by atoms with Gasteiger partial charge in [0.15, 0.2) is 5.82 Å². The molecule has 2 rings (SSSR count). The van der Waals surface area contributed by atoms with Gasteiger partial charge < -0.3 is 16.0 Å². The first-order valence-electron chi connectivity index (χ1n) is 6.40. The molecule has 0 saturated heterocycles. The summed E-state index contributed by atoms with van der Waals surface area (Å²) in [4.78, 5) is 14.0. The number of hydrogen-bond donors (Lipinski definition) is 2. The first kappa shape index (κ1) is 14.3. The van der Waals surface area contributed by atoms with Crippen LogP contribution in [0.25, 0.3) is 0 Å². The Labute approximate surface area is 122 Å². The summed E-state index contributed by atoms with van der Waals surface area (Å²) in [5.41, 5.74) is 8.47. The normalized spacial score (nSPS) is 10.3. The van der Waals surface area contributed by atoms with Gasteiger partial charge in [0.1, 0.15) is 10.6 Å². The van der Waals surface area contributed by atoms with E-state index in [1.807, 2.05) is 36.9 Å². The molecule has 1 aromatic carbocycles. The van der Waals surface area contributed by atoms with Crippen molar-refractivity contribution in [3.05, 3.63) is 35.4 Å². The molecule has 0 saturated carbocycles. The number of nitrogens with zero attached hydrogens (tertiary/aromatic N) is 2. The third kappa shape index (κ3) is 2.60. The van der Waals surface area contributed by atoms with Gasteiger partial charge in [-0.3, -0.25) is 4.79 Å². The molecule has 0 bridgehead atoms. The van der Waals surface area contributed by atoms with Gasteiger partial charge in [0.05, 0.1) is 0 Å². The van der Waals surface area contributed by atoms with Crippen LogP contribution in [0.4, 0.5) is 16.5 Å². The van der Waals surface area contributed by atoms with Crippen LogP contribution in [0.3, 0.4) is 0 Å². The van der Waals surface area contributed by atoms with E-state index in [0.717, 1.165) is 17.2 Å². The molecule has 0 aliphatic heterocycles. The summed E-state index contributed by atoms with van der Waals surface area (Å²) in [5.74, 6) is 0.0628. The van der Waals surface area contributed by atoms with Gasteiger partial charge >= 0.3 is 0 Å². The monoisotopic (exact) mass is 290 g/mol. The minimum atomic E-state index is -0.211. The molecular weight excluding hydrogens is 272 g/mol. The third-order valence-corrected chi connectivity index (χ3v) is 3.91. The first-order valence-corrected chi connectivity index (χ1v) is 7.17. The number of amides is 1. The molecule has 0 unspecified atom stereocenters. The maximum Gasteiger partial charge on any atom is 0.257 e. The Bertz CT molecular complexity index is 623. The number of aromatic nitrogens is 1. The Morgan fingerprint density at radius 2 is 2.25 bits per heavy atom. The fourth-order valence-corrected chi connectivity index (χ4v) is 2.95. The highest BCUT2D eigenvalue weighted by Gasteiger charge is 2.23. The summed E-state index contributed by atoms with van der Waals surface area (Å²) in [6.45, 7) is 4.80. The zero-order valence-corrected chi connectivity index (χ0v) is 12.6. The van der Waals surface area contributed by atoms with E-state index in [-0.39, 0.29) is 11.7 Å². The molecule has 20 heavy (non-hydrogen) atoms. The van der Waals surface area contributed by atoms with Gasteiger partial charge in [0.2, 0.25) is 0 Å². The number of nitrogen functional groups attached to an aromatic ring is 1. The second kappa shape index (κ2) is 5.92. The van der Waals surface area contributed by atoms with Crippen molar-refractivity contribution < 1.29 is 4.79 Å². The maximum atomic E-state index is 12.0. The molecule has 2 aromatic rings. The van der Waals surface area contributed by atoms with Gasteiger partial charge in [-0.15, -0.1) is 0 Å². The SMILES string of the molecule is CCN(c1cccc(C)c1)c1snc(N)c1C(=O)NC. The van der Waals surface area contributed by atoms with Crippen LogP contribution in [0.1, 0.15) is 22.8 Å². The fraction of sp³-hybridized carbons (Fsp3) is 0.286. The molecule has 106 valence electrons. The molecule has 5 nitrogen and oxygen atoms in total. The number of carbonyl (C=O) groups is 1. The third-order valence-electron chi connectivity index (χ3n) is 3.03. The van der Waals surface area contributed by atoms with Gasteiger partial charge in [-0.2, -0.15) is 4.37 Å². The number of nitrogens with one attached hydrogen (secondary N) is 1. The Morgan fingerprint density at radius 3 is 2.85 bits per heavy atom. The van der Waals surface area contributed by atoms with Crippen LogP contribution >= 0.6 is 11.5 Å². The second-order valence-corrected chi connectivity index (χ2v) is 5.16. The van der Waals surface area contributed by atoms with Crippen LogP contribution in [0, 0.1) is 6.92 Å². The number of hydrogen-bond acceptors (Lipinski definition) is 5. The lowest BCUT2D eigenvalue weighted by molar-refractivity contribution is 0.0965. The highest BCUT2D eigenvalue weighted by Crippen LogP contribution is 2.35. The molecule has 1 aromatic heterocycles. The lowest BCUT2D eigenvalue weighted by Crippen LogP contribution is -2.23. The maximum absolute atomic E-state index is 12.0. The minimum absolute atomic E-state index is 0.211. The standard InChI is InChI=1S/C14H18N4OS/c1-4-18(10-7-5-6-9(2)8-10)14-11(13(19)16-3)12(15)17-20-14/h5-8H,4H2,1-3H3,(H2,15,17)(H,16,19). The van der Waals surface area contributed by atoms with Gasteiger partial charge in [-0.25, -0.2) is 0 Å². The van der Waals surface area contributed by atoms with Crippen LogP contribution in [0.5, 0.6) is 0 Å². The van der Waals surface area contributed by atoms with Crippen molar-refractivity contribution in [1.82, 2.24) is 9.69 Å². The van der Waals surface area contributed by atoms with Crippen LogP contribution in [-0.2, 0) is 0 Å². The van der Waals surface area contributed by atoms with Gasteiger partial charge in [-0.1, -0.05) is 12.1 Å². The second-order valence-electron chi connectivity index (χ2n) is 4.41. The molecule has 1 amide bonds. The van der Waals surface area contributed by atoms with E-state index < -0.39 is 0 Å². The number of carbonyl (C=O) groups excluding carboxylic acids is 1. The predicted molar refractivity (Wildman–Crippen MR) is 83.8 cm³/mol. The Hall–Kier alpha value is -2.08. The fourth-order valence-electron chi connectivity index (χ4n) is 2.06. The highest BCUT2D eigenvalue weighted by atomic mass is 32.1. The molecule has 0 aliphatic rings. The van der Waals surface area contributed by atoms with Crippen molar-refractivity contribution in [1.29, 1.82) is 0 Å². The summed E-state index contributed by atoms with van der Waals surface area (Å²) in [6, 6.07) is 8.13. The molecule has 0 spiro atoms. The van der Waals surface area contributed by atoms with Crippen LogP contribution in [-0.4, -0.2) is 23.9 Å². The molecule has 1 heterocycles. The van der Waals surface area contributed by atoms with Crippen molar-refractivity contribution in [2.24, 2.45) is 0 Å². The minimum Gasteiger partial charge on any atom is -0.382 e. The van der Waals surface area contributed by atoms with Crippen LogP contribution in [0.15, 0.2) is 24.3 Å². The van der Waals surface area contributed by atoms with Crippen LogP contribution in [0.2, 0.25) is 0 Å². The average Bonchev–Trinajstić information content (AvgIpc) is 2.81. The van der Waals surface area contributed by atoms with Gasteiger partial charge in [0, 0.05) is 19.3 Å². The smallest absolute Gasteiger partial charge is 0.257 e. The molecule has 0 radical (unpaired) electrons. The first-order chi connectivity index (χ1) is 9.58. The van der Waals surface area contributed by atoms with Crippen molar-refractivity contribution >= 4 is 33.9 Å². The van der Waals surface area contributed by atoms with E-state index in [1.165, 1.54) is 17.1 Å². The lowest BCUT2D eigenvalue weighted by Gasteiger charge is -2.22. The number of aryl methyl sites for hydroxylation is 1. The summed E-state index contributed by atoms with van der Waals surface area (Å²) in [5, 5.41) is 3.38. The van der Waals surface area contributed by atoms with Crippen molar-refractivity contribution in [3.8, 4) is 0 Å². The van der Waals surface area contributed by atoms with Crippen molar-refractivity contribution in [2.75, 3.05) is 24.2 Å². The van der Waals surface area contributed by atoms with E-state index in [2.05, 4.69) is 15.8 Å². The quantitative estimate of drug-likeness (QED) is 0.907. The number of benzene rings is 1. The van der Waals surface area contributed by atoms with E-state index in [0.29, 0.717) is 5.56 Å². The predicted octanol–water partition coefficient (Wildman–Crippen LogP) is 2.55. The zero-order valence-electron chi connectivity index (χ0n) is 11.8. The van der Waals surface area contributed by atoms with Crippen molar-refractivity contribution in [3.63, 3.8) is 0 Å². The van der Waals surface area contributed by atoms with E-state index >= 15 is 0 Å². The molecule has 0 fully saturated rings. The number of anilines is 3. The van der Waals surface area contributed by atoms with E-state index in [1.54, 1.807) is 7.05 Å². The molecule has 0 atom stereocenters. The van der Waals surface area contributed by atoms with Crippen LogP contribution < -0.4 is 16.0 Å².